The normalized spacial score (nSPS) is 12.9. The van der Waals surface area contributed by atoms with E-state index in [-0.39, 0.29) is 77.5 Å². The maximum atomic E-state index is 9.85. The Kier molecular flexibility index (Phi) is 43.9. The molecule has 0 aliphatic heterocycles. The summed E-state index contributed by atoms with van der Waals surface area (Å²) in [7, 11) is 0. The SMILES string of the molecule is Cl.NC(CCO)C(=O)O.NC(CCO)C(=O)O.NC(CCO)C(=O)O.NC(CCO)C(=O)O.NC(CCO)C(=O)O. The molecule has 0 rings (SSSR count). The van der Waals surface area contributed by atoms with Crippen molar-refractivity contribution in [2.75, 3.05) is 33.0 Å². The highest BCUT2D eigenvalue weighted by Gasteiger charge is 2.10. The highest BCUT2D eigenvalue weighted by molar-refractivity contribution is 5.85. The van der Waals surface area contributed by atoms with Crippen LogP contribution < -0.4 is 28.7 Å². The van der Waals surface area contributed by atoms with E-state index in [0.29, 0.717) is 0 Å². The summed E-state index contributed by atoms with van der Waals surface area (Å²) in [5.41, 5.74) is 24.8. The second-order valence-electron chi connectivity index (χ2n) is 7.29. The number of nitrogens with two attached hydrogens (primary N) is 5. The van der Waals surface area contributed by atoms with E-state index in [4.69, 9.17) is 79.7 Å². The first-order valence-electron chi connectivity index (χ1n) is 11.4. The van der Waals surface area contributed by atoms with Crippen LogP contribution in [0.25, 0.3) is 0 Å². The summed E-state index contributed by atoms with van der Waals surface area (Å²) >= 11 is 0. The lowest BCUT2D eigenvalue weighted by Gasteiger charge is -2.00. The van der Waals surface area contributed by atoms with Crippen molar-refractivity contribution < 1.29 is 75.0 Å². The Morgan fingerprint density at radius 2 is 0.463 bits per heavy atom. The van der Waals surface area contributed by atoms with Crippen LogP contribution in [0.2, 0.25) is 0 Å². The zero-order valence-corrected chi connectivity index (χ0v) is 23.1. The molecule has 0 aromatic heterocycles. The molecule has 5 unspecified atom stereocenters. The smallest absolute Gasteiger partial charge is 0.320 e. The Morgan fingerprint density at radius 1 is 0.366 bits per heavy atom. The second-order valence-corrected chi connectivity index (χ2v) is 7.29. The predicted molar refractivity (Wildman–Crippen MR) is 144 cm³/mol. The summed E-state index contributed by atoms with van der Waals surface area (Å²) < 4.78 is 0. The molecule has 0 aromatic rings. The van der Waals surface area contributed by atoms with Gasteiger partial charge in [0.05, 0.1) is 0 Å². The fourth-order valence-corrected chi connectivity index (χ4v) is 1.31. The summed E-state index contributed by atoms with van der Waals surface area (Å²) in [5, 5.41) is 81.1. The molecule has 41 heavy (non-hydrogen) atoms. The third-order valence-electron chi connectivity index (χ3n) is 3.79. The molecule has 0 spiro atoms. The molecule has 0 fully saturated rings. The monoisotopic (exact) mass is 631 g/mol. The molecule has 0 saturated heterocycles. The van der Waals surface area contributed by atoms with Crippen LogP contribution >= 0.6 is 12.4 Å². The molecular weight excluding hydrogens is 586 g/mol. The molecule has 0 bridgehead atoms. The molecule has 0 heterocycles. The van der Waals surface area contributed by atoms with Crippen molar-refractivity contribution in [3.05, 3.63) is 0 Å². The molecule has 5 atom stereocenters. The van der Waals surface area contributed by atoms with Crippen LogP contribution in [0.5, 0.6) is 0 Å². The van der Waals surface area contributed by atoms with Crippen molar-refractivity contribution in [3.63, 3.8) is 0 Å². The second kappa shape index (κ2) is 35.3. The van der Waals surface area contributed by atoms with Gasteiger partial charge in [-0.05, 0) is 32.1 Å². The number of aliphatic hydroxyl groups is 5. The summed E-state index contributed by atoms with van der Waals surface area (Å²) in [5.74, 6) is -5.35. The third-order valence-corrected chi connectivity index (χ3v) is 3.79. The van der Waals surface area contributed by atoms with Gasteiger partial charge in [-0.15, -0.1) is 12.4 Å². The Morgan fingerprint density at radius 3 is 0.488 bits per heavy atom. The van der Waals surface area contributed by atoms with E-state index in [9.17, 15) is 24.0 Å². The van der Waals surface area contributed by atoms with Gasteiger partial charge in [0.2, 0.25) is 0 Å². The van der Waals surface area contributed by atoms with Crippen LogP contribution in [0.3, 0.4) is 0 Å². The van der Waals surface area contributed by atoms with Crippen molar-refractivity contribution in [1.82, 2.24) is 0 Å². The van der Waals surface area contributed by atoms with Crippen molar-refractivity contribution in [2.45, 2.75) is 62.3 Å². The number of hydrogen-bond donors (Lipinski definition) is 15. The number of aliphatic hydroxyl groups excluding tert-OH is 5. The van der Waals surface area contributed by atoms with Crippen molar-refractivity contribution in [2.24, 2.45) is 28.7 Å². The number of carboxylic acid groups (broad SMARTS) is 5. The Bertz CT molecular complexity index is 551. The van der Waals surface area contributed by atoms with Crippen LogP contribution in [-0.4, -0.2) is 144 Å². The standard InChI is InChI=1S/5C4H9NO3.ClH/c5*5-3(1-2-6)4(7)8;/h5*3,6H,1-2,5H2,(H,7,8);1H. The molecule has 0 aromatic carbocycles. The Balaban J connectivity index is -0.0000000928. The van der Waals surface area contributed by atoms with Crippen molar-refractivity contribution in [3.8, 4) is 0 Å². The molecule has 0 aliphatic rings. The van der Waals surface area contributed by atoms with Crippen LogP contribution in [0.1, 0.15) is 32.1 Å². The molecule has 20 nitrogen and oxygen atoms in total. The zero-order chi connectivity index (χ0) is 32.8. The lowest BCUT2D eigenvalue weighted by atomic mass is 10.2. The van der Waals surface area contributed by atoms with Crippen LogP contribution in [0.15, 0.2) is 0 Å². The lowest BCUT2D eigenvalue weighted by Crippen LogP contribution is -2.30. The average Bonchev–Trinajstić information content (AvgIpc) is 2.86. The van der Waals surface area contributed by atoms with Gasteiger partial charge < -0.3 is 79.7 Å². The first-order valence-corrected chi connectivity index (χ1v) is 11.4. The summed E-state index contributed by atoms with van der Waals surface area (Å²) in [4.78, 5) is 49.3. The minimum Gasteiger partial charge on any atom is -0.480 e. The molecule has 0 saturated carbocycles. The van der Waals surface area contributed by atoms with E-state index in [0.717, 1.165) is 0 Å². The van der Waals surface area contributed by atoms with Gasteiger partial charge in [-0.1, -0.05) is 0 Å². The highest BCUT2D eigenvalue weighted by Crippen LogP contribution is 1.86. The topological polar surface area (TPSA) is 418 Å². The predicted octanol–water partition coefficient (Wildman–Crippen LogP) is -5.67. The van der Waals surface area contributed by atoms with Gasteiger partial charge in [0.25, 0.3) is 0 Å². The minimum atomic E-state index is -1.07. The van der Waals surface area contributed by atoms with E-state index in [1.807, 2.05) is 0 Å². The van der Waals surface area contributed by atoms with E-state index in [2.05, 4.69) is 0 Å². The Labute approximate surface area is 241 Å². The van der Waals surface area contributed by atoms with E-state index in [1.54, 1.807) is 0 Å². The molecule has 248 valence electrons. The number of carboxylic acids is 5. The van der Waals surface area contributed by atoms with E-state index < -0.39 is 60.1 Å². The summed E-state index contributed by atoms with van der Waals surface area (Å²) in [6, 6.07) is -4.58. The molecule has 0 radical (unpaired) electrons. The number of rotatable bonds is 15. The van der Waals surface area contributed by atoms with E-state index in [1.165, 1.54) is 0 Å². The fourth-order valence-electron chi connectivity index (χ4n) is 1.31. The molecule has 21 heteroatoms. The van der Waals surface area contributed by atoms with Crippen molar-refractivity contribution >= 4 is 42.3 Å². The van der Waals surface area contributed by atoms with Crippen molar-refractivity contribution in [1.29, 1.82) is 0 Å². The summed E-state index contributed by atoms with van der Waals surface area (Å²) in [6.07, 6.45) is 0.602. The third kappa shape index (κ3) is 44.5. The molecular formula is C20H46ClN5O15. The first-order chi connectivity index (χ1) is 18.4. The van der Waals surface area contributed by atoms with Gasteiger partial charge in [-0.2, -0.15) is 0 Å². The van der Waals surface area contributed by atoms with E-state index >= 15 is 0 Å². The highest BCUT2D eigenvalue weighted by atomic mass is 35.5. The number of halogens is 1. The first kappa shape index (κ1) is 51.0. The number of hydrogen-bond acceptors (Lipinski definition) is 15. The van der Waals surface area contributed by atoms with Gasteiger partial charge in [0.15, 0.2) is 0 Å². The van der Waals surface area contributed by atoms with Crippen LogP contribution in [0, 0.1) is 0 Å². The molecule has 0 amide bonds. The Hall–Kier alpha value is -2.76. The summed E-state index contributed by atoms with van der Waals surface area (Å²) in [6.45, 7) is -0.866. The largest absolute Gasteiger partial charge is 0.480 e. The quantitative estimate of drug-likeness (QED) is 0.0799. The van der Waals surface area contributed by atoms with Gasteiger partial charge in [-0.3, -0.25) is 24.0 Å². The zero-order valence-electron chi connectivity index (χ0n) is 22.3. The van der Waals surface area contributed by atoms with Gasteiger partial charge >= 0.3 is 29.8 Å². The number of carbonyl (C=O) groups is 5. The fraction of sp³-hybridized carbons (Fsp3) is 0.750. The maximum absolute atomic E-state index is 9.85. The van der Waals surface area contributed by atoms with Gasteiger partial charge in [0, 0.05) is 33.0 Å². The van der Waals surface area contributed by atoms with Crippen LogP contribution in [-0.2, 0) is 24.0 Å². The van der Waals surface area contributed by atoms with Gasteiger partial charge in [0.1, 0.15) is 30.2 Å². The minimum absolute atomic E-state index is 0. The lowest BCUT2D eigenvalue weighted by molar-refractivity contribution is -0.139. The maximum Gasteiger partial charge on any atom is 0.320 e. The number of aliphatic carboxylic acids is 5. The molecule has 20 N–H and O–H groups in total. The van der Waals surface area contributed by atoms with Gasteiger partial charge in [-0.25, -0.2) is 0 Å². The van der Waals surface area contributed by atoms with Crippen LogP contribution in [0.4, 0.5) is 0 Å². The average molecular weight is 632 g/mol. The molecule has 0 aliphatic carbocycles.